The summed E-state index contributed by atoms with van der Waals surface area (Å²) in [6.07, 6.45) is 3.44. The van der Waals surface area contributed by atoms with E-state index < -0.39 is 17.4 Å². The van der Waals surface area contributed by atoms with Gasteiger partial charge in [-0.3, -0.25) is 4.90 Å². The first kappa shape index (κ1) is 29.5. The van der Waals surface area contributed by atoms with Gasteiger partial charge in [0.25, 0.3) is 0 Å². The number of benzene rings is 2. The number of aromatic nitrogens is 2. The van der Waals surface area contributed by atoms with E-state index >= 15 is 0 Å². The second-order valence-corrected chi connectivity index (χ2v) is 14.0. The number of aliphatic hydroxyl groups is 1. The molecule has 1 spiro atoms. The van der Waals surface area contributed by atoms with Gasteiger partial charge < -0.3 is 25.2 Å². The molecule has 3 N–H and O–H groups in total. The molecule has 46 heavy (non-hydrogen) atoms. The second-order valence-electron chi connectivity index (χ2n) is 14.0. The summed E-state index contributed by atoms with van der Waals surface area (Å²) in [5.74, 6) is 0.514. The molecule has 0 radical (unpaired) electrons. The Bertz CT molecular complexity index is 1740. The molecule has 0 amide bonds. The van der Waals surface area contributed by atoms with Crippen molar-refractivity contribution in [3.63, 3.8) is 0 Å². The van der Waals surface area contributed by atoms with E-state index in [2.05, 4.69) is 17.9 Å². The lowest BCUT2D eigenvalue weighted by molar-refractivity contribution is -0.0876. The summed E-state index contributed by atoms with van der Waals surface area (Å²) in [7, 11) is 0. The number of anilines is 2. The third kappa shape index (κ3) is 4.56. The van der Waals surface area contributed by atoms with E-state index in [9.17, 15) is 19.1 Å². The maximum atomic E-state index is 14.5. The molecule has 11 heteroatoms. The summed E-state index contributed by atoms with van der Waals surface area (Å²) in [5.41, 5.74) is 9.04. The molecule has 1 aromatic heterocycles. The number of nitrogens with zero attached hydrogens (tertiary/aromatic N) is 5. The SMILES string of the molecule is C[C@H]1CC[C@]2(Cc3nc(OC[C@@]45CCCN4C[C@H](F)C5)nc(N4CC(O)(c5ccc(F)cc5)C4)c3CO2)c2c1ccc(N)c2C#N. The van der Waals surface area contributed by atoms with E-state index in [4.69, 9.17) is 25.2 Å². The monoisotopic (exact) mass is 628 g/mol. The molecule has 8 rings (SSSR count). The van der Waals surface area contributed by atoms with Crippen LogP contribution in [0, 0.1) is 17.1 Å². The van der Waals surface area contributed by atoms with Crippen LogP contribution in [0.5, 0.6) is 6.01 Å². The first-order valence-electron chi connectivity index (χ1n) is 16.2. The highest BCUT2D eigenvalue weighted by Crippen LogP contribution is 2.51. The van der Waals surface area contributed by atoms with E-state index in [0.717, 1.165) is 48.2 Å². The van der Waals surface area contributed by atoms with E-state index in [1.54, 1.807) is 18.2 Å². The van der Waals surface area contributed by atoms with E-state index in [-0.39, 0.29) is 43.0 Å². The number of β-amino-alcohol motifs (C(OH)–C–C–N with tert-alkyl or cyclic N) is 1. The molecule has 240 valence electrons. The van der Waals surface area contributed by atoms with Gasteiger partial charge in [-0.2, -0.15) is 15.2 Å². The number of alkyl halides is 1. The van der Waals surface area contributed by atoms with Crippen molar-refractivity contribution in [3.8, 4) is 12.1 Å². The summed E-state index contributed by atoms with van der Waals surface area (Å²) in [6, 6.07) is 12.3. The minimum absolute atomic E-state index is 0.212. The van der Waals surface area contributed by atoms with Gasteiger partial charge >= 0.3 is 6.01 Å². The summed E-state index contributed by atoms with van der Waals surface area (Å²) >= 11 is 0. The van der Waals surface area contributed by atoms with Crippen LogP contribution in [0.4, 0.5) is 20.3 Å². The van der Waals surface area contributed by atoms with Crippen molar-refractivity contribution >= 4 is 11.5 Å². The number of ether oxygens (including phenoxy) is 2. The van der Waals surface area contributed by atoms with Gasteiger partial charge in [0.05, 0.1) is 36.5 Å². The number of nitrogen functional groups attached to an aromatic ring is 1. The fourth-order valence-electron chi connectivity index (χ4n) is 8.68. The largest absolute Gasteiger partial charge is 0.461 e. The van der Waals surface area contributed by atoms with Crippen molar-refractivity contribution in [3.05, 3.63) is 75.7 Å². The average molecular weight is 629 g/mol. The maximum absolute atomic E-state index is 14.5. The van der Waals surface area contributed by atoms with E-state index in [0.29, 0.717) is 55.0 Å². The molecule has 2 aromatic carbocycles. The van der Waals surface area contributed by atoms with E-state index in [1.165, 1.54) is 12.1 Å². The zero-order chi connectivity index (χ0) is 31.8. The standard InChI is InChI=1S/C35H38F2N6O3/c1-21-9-11-35(30-25(21)7-8-28(39)26(30)15-38)14-29-27(17-46-35)31(42-18-34(44,19-42)22-3-5-23(36)6-4-22)41-32(40-29)45-20-33-10-2-12-43(33)16-24(37)13-33/h3-8,21,24,44H,2,9-14,16-20,39H2,1H3/t21-,24+,33-,35-/m0/s1. The number of halogens is 2. The zero-order valence-corrected chi connectivity index (χ0v) is 25.9. The Morgan fingerprint density at radius 1 is 1.17 bits per heavy atom. The third-order valence-electron chi connectivity index (χ3n) is 11.2. The molecule has 3 aromatic rings. The summed E-state index contributed by atoms with van der Waals surface area (Å²) in [5, 5.41) is 21.6. The fraction of sp³-hybridized carbons (Fsp3) is 0.514. The first-order chi connectivity index (χ1) is 22.1. The van der Waals surface area contributed by atoms with Gasteiger partial charge in [-0.05, 0) is 67.5 Å². The summed E-state index contributed by atoms with van der Waals surface area (Å²) in [6.45, 7) is 4.46. The number of hydrogen-bond acceptors (Lipinski definition) is 9. The molecule has 1 aliphatic carbocycles. The molecular weight excluding hydrogens is 590 g/mol. The fourth-order valence-corrected chi connectivity index (χ4v) is 8.68. The van der Waals surface area contributed by atoms with E-state index in [1.807, 2.05) is 11.0 Å². The molecule has 5 aliphatic rings. The highest BCUT2D eigenvalue weighted by Gasteiger charge is 2.51. The van der Waals surface area contributed by atoms with Gasteiger partial charge in [0.15, 0.2) is 0 Å². The van der Waals surface area contributed by atoms with Crippen LogP contribution < -0.4 is 15.4 Å². The maximum Gasteiger partial charge on any atom is 0.318 e. The van der Waals surface area contributed by atoms with Gasteiger partial charge in [0, 0.05) is 36.2 Å². The van der Waals surface area contributed by atoms with Crippen LogP contribution in [0.3, 0.4) is 0 Å². The van der Waals surface area contributed by atoms with Crippen LogP contribution in [0.1, 0.15) is 78.5 Å². The molecule has 3 saturated heterocycles. The Hall–Kier alpha value is -3.85. The predicted molar refractivity (Wildman–Crippen MR) is 166 cm³/mol. The third-order valence-corrected chi connectivity index (χ3v) is 11.2. The molecule has 9 nitrogen and oxygen atoms in total. The first-order valence-corrected chi connectivity index (χ1v) is 16.2. The predicted octanol–water partition coefficient (Wildman–Crippen LogP) is 4.60. The highest BCUT2D eigenvalue weighted by atomic mass is 19.1. The molecule has 0 unspecified atom stereocenters. The Labute approximate surface area is 266 Å². The van der Waals surface area contributed by atoms with Crippen LogP contribution in [0.25, 0.3) is 0 Å². The Morgan fingerprint density at radius 2 is 1.98 bits per heavy atom. The van der Waals surface area contributed by atoms with Crippen molar-refractivity contribution in [2.75, 3.05) is 43.4 Å². The van der Waals surface area contributed by atoms with Crippen LogP contribution >= 0.6 is 0 Å². The summed E-state index contributed by atoms with van der Waals surface area (Å²) in [4.78, 5) is 14.0. The van der Waals surface area contributed by atoms with Gasteiger partial charge in [-0.25, -0.2) is 8.78 Å². The Morgan fingerprint density at radius 3 is 2.76 bits per heavy atom. The second kappa shape index (κ2) is 10.6. The quantitative estimate of drug-likeness (QED) is 0.391. The lowest BCUT2D eigenvalue weighted by Crippen LogP contribution is -2.60. The molecule has 0 bridgehead atoms. The number of hydrogen-bond donors (Lipinski definition) is 2. The molecule has 4 aliphatic heterocycles. The van der Waals surface area contributed by atoms with Crippen molar-refractivity contribution in [2.24, 2.45) is 0 Å². The van der Waals surface area contributed by atoms with Crippen LogP contribution in [0.2, 0.25) is 0 Å². The lowest BCUT2D eigenvalue weighted by atomic mass is 9.69. The van der Waals surface area contributed by atoms with Crippen molar-refractivity contribution in [1.82, 2.24) is 14.9 Å². The normalized spacial score (nSPS) is 29.5. The lowest BCUT2D eigenvalue weighted by Gasteiger charge is -2.49. The smallest absolute Gasteiger partial charge is 0.318 e. The van der Waals surface area contributed by atoms with Gasteiger partial charge in [0.1, 0.15) is 41.7 Å². The molecular formula is C35H38F2N6O3. The number of nitriles is 1. The zero-order valence-electron chi connectivity index (χ0n) is 25.9. The van der Waals surface area contributed by atoms with Crippen molar-refractivity contribution < 1.29 is 23.4 Å². The minimum Gasteiger partial charge on any atom is -0.461 e. The number of nitrogens with two attached hydrogens (primary N) is 1. The van der Waals surface area contributed by atoms with Gasteiger partial charge in [-0.15, -0.1) is 0 Å². The molecule has 3 fully saturated rings. The van der Waals surface area contributed by atoms with Crippen molar-refractivity contribution in [2.45, 2.75) is 80.9 Å². The number of fused-ring (bicyclic) bond motifs is 4. The Kier molecular flexibility index (Phi) is 6.80. The summed E-state index contributed by atoms with van der Waals surface area (Å²) < 4.78 is 41.2. The molecule has 0 saturated carbocycles. The minimum atomic E-state index is -1.16. The van der Waals surface area contributed by atoms with Crippen LogP contribution in [-0.4, -0.2) is 64.5 Å². The number of rotatable bonds is 5. The molecule has 5 heterocycles. The van der Waals surface area contributed by atoms with Gasteiger partial charge in [0.2, 0.25) is 0 Å². The Balaban J connectivity index is 1.16. The molecule has 4 atom stereocenters. The van der Waals surface area contributed by atoms with Crippen molar-refractivity contribution in [1.29, 1.82) is 5.26 Å². The van der Waals surface area contributed by atoms with Gasteiger partial charge in [-0.1, -0.05) is 25.1 Å². The van der Waals surface area contributed by atoms with Crippen LogP contribution in [0.15, 0.2) is 36.4 Å². The highest BCUT2D eigenvalue weighted by molar-refractivity contribution is 5.64. The average Bonchev–Trinajstić information content (AvgIpc) is 3.56. The topological polar surface area (TPSA) is 121 Å². The van der Waals surface area contributed by atoms with Crippen LogP contribution in [-0.2, 0) is 29.0 Å².